The summed E-state index contributed by atoms with van der Waals surface area (Å²) in [4.78, 5) is 14.2. The minimum absolute atomic E-state index is 0.0448. The Kier molecular flexibility index (Phi) is 5.58. The third-order valence-corrected chi connectivity index (χ3v) is 3.43. The van der Waals surface area contributed by atoms with Crippen LogP contribution in [0.4, 0.5) is 11.4 Å². The molecule has 1 N–H and O–H groups in total. The van der Waals surface area contributed by atoms with Crippen LogP contribution in [0.25, 0.3) is 6.08 Å². The molecule has 5 heteroatoms. The number of nitrogens with one attached hydrogen (secondary N) is 1. The lowest BCUT2D eigenvalue weighted by Crippen LogP contribution is -2.13. The van der Waals surface area contributed by atoms with Crippen LogP contribution in [0.1, 0.15) is 5.56 Å². The second-order valence-electron chi connectivity index (χ2n) is 5.34. The second-order valence-corrected chi connectivity index (χ2v) is 5.34. The van der Waals surface area contributed by atoms with Crippen LogP contribution in [0.5, 0.6) is 5.75 Å². The molecule has 0 spiro atoms. The largest absolute Gasteiger partial charge is 0.497 e. The highest BCUT2D eigenvalue weighted by Gasteiger charge is 2.09. The summed E-state index contributed by atoms with van der Waals surface area (Å²) in [5, 5.41) is 12.0. The molecule has 0 fully saturated rings. The number of carbonyl (C=O) groups excluding carboxylic acids is 1. The first-order valence-electron chi connectivity index (χ1n) is 7.38. The molecule has 2 rings (SSSR count). The fourth-order valence-electron chi connectivity index (χ4n) is 2.06. The highest BCUT2D eigenvalue weighted by Crippen LogP contribution is 2.17. The summed E-state index contributed by atoms with van der Waals surface area (Å²) in [6.07, 6.45) is 1.57. The maximum Gasteiger partial charge on any atom is 0.266 e. The number of hydrogen-bond acceptors (Lipinski definition) is 4. The van der Waals surface area contributed by atoms with Gasteiger partial charge in [0.2, 0.25) is 0 Å². The molecule has 0 bridgehead atoms. The van der Waals surface area contributed by atoms with E-state index >= 15 is 0 Å². The summed E-state index contributed by atoms with van der Waals surface area (Å²) in [5.74, 6) is 0.254. The number of ether oxygens (including phenoxy) is 1. The van der Waals surface area contributed by atoms with E-state index in [0.29, 0.717) is 11.4 Å². The van der Waals surface area contributed by atoms with Gasteiger partial charge in [-0.3, -0.25) is 4.79 Å². The number of amides is 1. The summed E-state index contributed by atoms with van der Waals surface area (Å²) in [6.45, 7) is 0. The van der Waals surface area contributed by atoms with E-state index in [1.165, 1.54) is 0 Å². The number of anilines is 2. The van der Waals surface area contributed by atoms with Crippen LogP contribution in [0.2, 0.25) is 0 Å². The molecular formula is C19H19N3O2. The van der Waals surface area contributed by atoms with Crippen LogP contribution in [0, 0.1) is 11.3 Å². The van der Waals surface area contributed by atoms with Crippen molar-refractivity contribution in [1.82, 2.24) is 0 Å². The molecule has 0 aliphatic rings. The third-order valence-electron chi connectivity index (χ3n) is 3.43. The van der Waals surface area contributed by atoms with Crippen molar-refractivity contribution in [3.05, 3.63) is 59.7 Å². The van der Waals surface area contributed by atoms with E-state index in [1.54, 1.807) is 37.5 Å². The minimum atomic E-state index is -0.445. The Bertz CT molecular complexity index is 770. The van der Waals surface area contributed by atoms with Gasteiger partial charge in [0.15, 0.2) is 0 Å². The average molecular weight is 321 g/mol. The summed E-state index contributed by atoms with van der Waals surface area (Å²) >= 11 is 0. The van der Waals surface area contributed by atoms with E-state index in [2.05, 4.69) is 5.32 Å². The van der Waals surface area contributed by atoms with E-state index in [0.717, 1.165) is 11.3 Å². The first-order valence-corrected chi connectivity index (χ1v) is 7.38. The maximum absolute atomic E-state index is 12.2. The molecule has 5 nitrogen and oxygen atoms in total. The third kappa shape index (κ3) is 4.37. The molecule has 0 aliphatic carbocycles. The Labute approximate surface area is 141 Å². The van der Waals surface area contributed by atoms with Gasteiger partial charge in [0.05, 0.1) is 7.11 Å². The van der Waals surface area contributed by atoms with Gasteiger partial charge in [-0.25, -0.2) is 0 Å². The van der Waals surface area contributed by atoms with Crippen LogP contribution in [0.15, 0.2) is 54.1 Å². The zero-order valence-corrected chi connectivity index (χ0v) is 13.9. The molecule has 0 saturated carbocycles. The van der Waals surface area contributed by atoms with Crippen molar-refractivity contribution in [1.29, 1.82) is 5.26 Å². The number of hydrogen-bond donors (Lipinski definition) is 1. The molecule has 0 unspecified atom stereocenters. The van der Waals surface area contributed by atoms with Gasteiger partial charge in [0.1, 0.15) is 17.4 Å². The Morgan fingerprint density at radius 2 is 1.75 bits per heavy atom. The molecular weight excluding hydrogens is 302 g/mol. The molecule has 0 heterocycles. The van der Waals surface area contributed by atoms with Gasteiger partial charge in [-0.15, -0.1) is 0 Å². The standard InChI is InChI=1S/C19H19N3O2/c1-22(2)17-8-4-14(5-9-17)12-15(13-20)19(23)21-16-6-10-18(24-3)11-7-16/h4-12H,1-3H3,(H,21,23)/b15-12+. The predicted molar refractivity (Wildman–Crippen MR) is 96.0 cm³/mol. The Balaban J connectivity index is 2.14. The van der Waals surface area contributed by atoms with Gasteiger partial charge in [-0.2, -0.15) is 5.26 Å². The number of methoxy groups -OCH3 is 1. The smallest absolute Gasteiger partial charge is 0.266 e. The summed E-state index contributed by atoms with van der Waals surface area (Å²) in [5.41, 5.74) is 2.49. The van der Waals surface area contributed by atoms with Gasteiger partial charge in [-0.05, 0) is 48.0 Å². The number of carbonyl (C=O) groups is 1. The van der Waals surface area contributed by atoms with Crippen molar-refractivity contribution < 1.29 is 9.53 Å². The quantitative estimate of drug-likeness (QED) is 0.678. The van der Waals surface area contributed by atoms with Gasteiger partial charge in [0, 0.05) is 25.5 Å². The van der Waals surface area contributed by atoms with Crippen LogP contribution >= 0.6 is 0 Å². The monoisotopic (exact) mass is 321 g/mol. The summed E-state index contributed by atoms with van der Waals surface area (Å²) < 4.78 is 5.07. The second kappa shape index (κ2) is 7.84. The zero-order chi connectivity index (χ0) is 17.5. The minimum Gasteiger partial charge on any atom is -0.497 e. The van der Waals surface area contributed by atoms with Gasteiger partial charge in [0.25, 0.3) is 5.91 Å². The summed E-state index contributed by atoms with van der Waals surface area (Å²) in [6, 6.07) is 16.5. The lowest BCUT2D eigenvalue weighted by atomic mass is 10.1. The SMILES string of the molecule is COc1ccc(NC(=O)/C(C#N)=C/c2ccc(N(C)C)cc2)cc1. The van der Waals surface area contributed by atoms with Crippen molar-refractivity contribution in [3.63, 3.8) is 0 Å². The summed E-state index contributed by atoms with van der Waals surface area (Å²) in [7, 11) is 5.48. The van der Waals surface area contributed by atoms with Crippen molar-refractivity contribution in [2.75, 3.05) is 31.4 Å². The molecule has 0 saturated heterocycles. The van der Waals surface area contributed by atoms with Gasteiger partial charge in [-0.1, -0.05) is 12.1 Å². The van der Waals surface area contributed by atoms with Crippen LogP contribution in [-0.2, 0) is 4.79 Å². The van der Waals surface area contributed by atoms with Crippen LogP contribution in [-0.4, -0.2) is 27.1 Å². The Morgan fingerprint density at radius 3 is 2.25 bits per heavy atom. The van der Waals surface area contributed by atoms with Crippen molar-refractivity contribution >= 4 is 23.4 Å². The molecule has 1 amide bonds. The molecule has 2 aromatic carbocycles. The molecule has 24 heavy (non-hydrogen) atoms. The number of benzene rings is 2. The van der Waals surface area contributed by atoms with E-state index in [4.69, 9.17) is 4.74 Å². The average Bonchev–Trinajstić information content (AvgIpc) is 2.60. The number of nitriles is 1. The van der Waals surface area contributed by atoms with Crippen molar-refractivity contribution in [3.8, 4) is 11.8 Å². The van der Waals surface area contributed by atoms with E-state index < -0.39 is 5.91 Å². The topological polar surface area (TPSA) is 65.4 Å². The Morgan fingerprint density at radius 1 is 1.12 bits per heavy atom. The van der Waals surface area contributed by atoms with E-state index in [-0.39, 0.29) is 5.57 Å². The highest BCUT2D eigenvalue weighted by atomic mass is 16.5. The zero-order valence-electron chi connectivity index (χ0n) is 13.9. The first kappa shape index (κ1) is 17.1. The fraction of sp³-hybridized carbons (Fsp3) is 0.158. The van der Waals surface area contributed by atoms with Crippen molar-refractivity contribution in [2.45, 2.75) is 0 Å². The van der Waals surface area contributed by atoms with E-state index in [9.17, 15) is 10.1 Å². The molecule has 0 atom stereocenters. The molecule has 2 aromatic rings. The molecule has 0 aliphatic heterocycles. The fourth-order valence-corrected chi connectivity index (χ4v) is 2.06. The lowest BCUT2D eigenvalue weighted by Gasteiger charge is -2.12. The van der Waals surface area contributed by atoms with Gasteiger partial charge < -0.3 is 15.0 Å². The number of nitrogens with zero attached hydrogens (tertiary/aromatic N) is 2. The Hall–Kier alpha value is -3.26. The van der Waals surface area contributed by atoms with Crippen LogP contribution in [0.3, 0.4) is 0 Å². The van der Waals surface area contributed by atoms with Crippen molar-refractivity contribution in [2.24, 2.45) is 0 Å². The van der Waals surface area contributed by atoms with E-state index in [1.807, 2.05) is 49.3 Å². The van der Waals surface area contributed by atoms with Gasteiger partial charge >= 0.3 is 0 Å². The predicted octanol–water partition coefficient (Wildman–Crippen LogP) is 3.31. The first-order chi connectivity index (χ1) is 11.5. The molecule has 122 valence electrons. The lowest BCUT2D eigenvalue weighted by molar-refractivity contribution is -0.112. The maximum atomic E-state index is 12.2. The van der Waals surface area contributed by atoms with Crippen LogP contribution < -0.4 is 15.0 Å². The normalized spacial score (nSPS) is 10.7. The number of rotatable bonds is 5. The molecule has 0 aromatic heterocycles. The molecule has 0 radical (unpaired) electrons. The highest BCUT2D eigenvalue weighted by molar-refractivity contribution is 6.09.